The van der Waals surface area contributed by atoms with E-state index in [0.717, 1.165) is 28.8 Å². The Morgan fingerprint density at radius 3 is 2.68 bits per heavy atom. The lowest BCUT2D eigenvalue weighted by Crippen LogP contribution is -2.35. The van der Waals surface area contributed by atoms with Gasteiger partial charge in [-0.05, 0) is 30.7 Å². The molecule has 0 saturated heterocycles. The third-order valence-corrected chi connectivity index (χ3v) is 7.70. The van der Waals surface area contributed by atoms with Crippen LogP contribution >= 0.6 is 0 Å². The van der Waals surface area contributed by atoms with Gasteiger partial charge in [-0.25, -0.2) is 4.79 Å². The van der Waals surface area contributed by atoms with Gasteiger partial charge in [0.05, 0.1) is 30.6 Å². The van der Waals surface area contributed by atoms with Crippen molar-refractivity contribution < 1.29 is 14.6 Å². The smallest absolute Gasteiger partial charge is 0.341 e. The largest absolute Gasteiger partial charge is 0.491 e. The van der Waals surface area contributed by atoms with E-state index < -0.39 is 11.4 Å². The number of carboxylic acids is 1. The van der Waals surface area contributed by atoms with Crippen LogP contribution < -0.4 is 10.2 Å². The normalized spacial score (nSPS) is 18.8. The number of ether oxygens (including phenoxy) is 1. The van der Waals surface area contributed by atoms with Crippen LogP contribution in [0.3, 0.4) is 0 Å². The van der Waals surface area contributed by atoms with Crippen LogP contribution in [0.2, 0.25) is 0 Å². The molecule has 1 N–H and O–H groups in total. The van der Waals surface area contributed by atoms with Gasteiger partial charge in [0.1, 0.15) is 16.8 Å². The molecule has 0 bridgehead atoms. The summed E-state index contributed by atoms with van der Waals surface area (Å²) >= 11 is 0. The van der Waals surface area contributed by atoms with Gasteiger partial charge in [0.25, 0.3) is 0 Å². The lowest BCUT2D eigenvalue weighted by atomic mass is 9.67. The van der Waals surface area contributed by atoms with Gasteiger partial charge in [-0.1, -0.05) is 52.7 Å². The van der Waals surface area contributed by atoms with E-state index in [1.807, 2.05) is 27.4 Å². The van der Waals surface area contributed by atoms with E-state index in [9.17, 15) is 14.7 Å². The van der Waals surface area contributed by atoms with Crippen molar-refractivity contribution in [2.24, 2.45) is 10.8 Å². The minimum Gasteiger partial charge on any atom is -0.491 e. The Kier molecular flexibility index (Phi) is 5.34. The van der Waals surface area contributed by atoms with E-state index in [2.05, 4.69) is 27.7 Å². The second kappa shape index (κ2) is 8.00. The highest BCUT2D eigenvalue weighted by molar-refractivity contribution is 5.96. The second-order valence-electron chi connectivity index (χ2n) is 11.1. The minimum atomic E-state index is -1.20. The van der Waals surface area contributed by atoms with Crippen LogP contribution in [0.1, 0.15) is 76.2 Å². The number of hydrogen-bond acceptors (Lipinski definition) is 4. The Balaban J connectivity index is 1.63. The lowest BCUT2D eigenvalue weighted by molar-refractivity contribution is 0.0485. The monoisotopic (exact) mass is 463 g/mol. The van der Waals surface area contributed by atoms with Crippen molar-refractivity contribution in [3.05, 3.63) is 46.2 Å². The molecule has 0 radical (unpaired) electrons. The van der Waals surface area contributed by atoms with Crippen LogP contribution in [0.5, 0.6) is 5.75 Å². The fourth-order valence-corrected chi connectivity index (χ4v) is 5.65. The number of aromatic carboxylic acids is 1. The lowest BCUT2D eigenvalue weighted by Gasteiger charge is -2.41. The van der Waals surface area contributed by atoms with Crippen molar-refractivity contribution in [1.29, 1.82) is 0 Å². The number of carbonyl (C=O) groups is 1. The summed E-state index contributed by atoms with van der Waals surface area (Å²) in [7, 11) is 0. The molecule has 180 valence electrons. The molecule has 2 aromatic heterocycles. The van der Waals surface area contributed by atoms with Crippen molar-refractivity contribution in [3.8, 4) is 17.1 Å². The molecule has 2 aliphatic rings. The van der Waals surface area contributed by atoms with Crippen molar-refractivity contribution in [2.45, 2.75) is 72.4 Å². The maximum Gasteiger partial charge on any atom is 0.341 e. The van der Waals surface area contributed by atoms with Crippen LogP contribution in [0.15, 0.2) is 35.3 Å². The Hall–Kier alpha value is -3.09. The zero-order valence-corrected chi connectivity index (χ0v) is 20.4. The summed E-state index contributed by atoms with van der Waals surface area (Å²) in [5.41, 5.74) is 1.73. The molecule has 7 heteroatoms. The van der Waals surface area contributed by atoms with Gasteiger partial charge in [-0.15, -0.1) is 0 Å². The summed E-state index contributed by atoms with van der Waals surface area (Å²) in [6.45, 7) is 9.87. The van der Waals surface area contributed by atoms with Gasteiger partial charge < -0.3 is 14.4 Å². The zero-order chi connectivity index (χ0) is 24.3. The maximum absolute atomic E-state index is 12.7. The molecule has 7 nitrogen and oxygen atoms in total. The van der Waals surface area contributed by atoms with E-state index in [1.165, 1.54) is 37.9 Å². The third kappa shape index (κ3) is 3.62. The highest BCUT2D eigenvalue weighted by Crippen LogP contribution is 2.46. The number of carboxylic acid groups (broad SMARTS) is 1. The molecular weight excluding hydrogens is 430 g/mol. The van der Waals surface area contributed by atoms with Gasteiger partial charge in [-0.2, -0.15) is 5.10 Å². The molecular formula is C27H33N3O4. The van der Waals surface area contributed by atoms with Crippen LogP contribution in [0.25, 0.3) is 22.3 Å². The van der Waals surface area contributed by atoms with E-state index in [-0.39, 0.29) is 22.4 Å². The van der Waals surface area contributed by atoms with Crippen LogP contribution in [0.4, 0.5) is 0 Å². The Morgan fingerprint density at radius 2 is 2.06 bits per heavy atom. The Labute approximate surface area is 199 Å². The molecule has 5 rings (SSSR count). The maximum atomic E-state index is 12.7. The molecule has 1 fully saturated rings. The van der Waals surface area contributed by atoms with Crippen molar-refractivity contribution in [1.82, 2.24) is 14.3 Å². The standard InChI is InChI=1S/C27H33N3O4/c1-5-10-27(11-7-12-27)16-34-21-9-6-8-17-23(21)28-30-15-22(26(2,3)4)29-14-18(25(32)33)20(31)13-19(29)24(17)30/h6,8-9,13-14,22H,5,7,10-12,15-16H2,1-4H3,(H,32,33). The first-order chi connectivity index (χ1) is 16.1. The summed E-state index contributed by atoms with van der Waals surface area (Å²) in [4.78, 5) is 24.4. The number of benzene rings is 1. The van der Waals surface area contributed by atoms with E-state index in [0.29, 0.717) is 18.8 Å². The summed E-state index contributed by atoms with van der Waals surface area (Å²) in [6, 6.07) is 7.34. The number of fused-ring (bicyclic) bond motifs is 5. The number of pyridine rings is 1. The van der Waals surface area contributed by atoms with Crippen LogP contribution in [-0.2, 0) is 6.54 Å². The van der Waals surface area contributed by atoms with Gasteiger partial charge in [0.2, 0.25) is 0 Å². The number of nitrogens with zero attached hydrogens (tertiary/aromatic N) is 3. The molecule has 1 aromatic carbocycles. The highest BCUT2D eigenvalue weighted by Gasteiger charge is 2.38. The predicted molar refractivity (Wildman–Crippen MR) is 132 cm³/mol. The second-order valence-corrected chi connectivity index (χ2v) is 11.1. The van der Waals surface area contributed by atoms with Gasteiger partial charge in [-0.3, -0.25) is 9.48 Å². The molecule has 3 heterocycles. The number of hydrogen-bond donors (Lipinski definition) is 1. The average Bonchev–Trinajstić information content (AvgIpc) is 3.13. The van der Waals surface area contributed by atoms with Crippen LogP contribution in [0, 0.1) is 10.8 Å². The van der Waals surface area contributed by atoms with E-state index in [1.54, 1.807) is 0 Å². The summed E-state index contributed by atoms with van der Waals surface area (Å²) in [5, 5.41) is 15.4. The first-order valence-corrected chi connectivity index (χ1v) is 12.3. The molecule has 1 atom stereocenters. The predicted octanol–water partition coefficient (Wildman–Crippen LogP) is 5.51. The van der Waals surface area contributed by atoms with E-state index >= 15 is 0 Å². The van der Waals surface area contributed by atoms with Crippen molar-refractivity contribution in [2.75, 3.05) is 6.61 Å². The molecule has 0 spiro atoms. The first kappa shape index (κ1) is 22.7. The fourth-order valence-electron chi connectivity index (χ4n) is 5.65. The fraction of sp³-hybridized carbons (Fsp3) is 0.519. The summed E-state index contributed by atoms with van der Waals surface area (Å²) in [6.07, 6.45) is 7.54. The van der Waals surface area contributed by atoms with Crippen molar-refractivity contribution >= 4 is 16.9 Å². The quantitative estimate of drug-likeness (QED) is 0.521. The molecule has 1 unspecified atom stereocenters. The van der Waals surface area contributed by atoms with Gasteiger partial charge in [0, 0.05) is 23.1 Å². The first-order valence-electron chi connectivity index (χ1n) is 12.3. The number of aromatic nitrogens is 3. The third-order valence-electron chi connectivity index (χ3n) is 7.70. The molecule has 34 heavy (non-hydrogen) atoms. The van der Waals surface area contributed by atoms with Gasteiger partial charge in [0.15, 0.2) is 5.43 Å². The van der Waals surface area contributed by atoms with E-state index in [4.69, 9.17) is 9.84 Å². The van der Waals surface area contributed by atoms with Gasteiger partial charge >= 0.3 is 5.97 Å². The molecule has 3 aromatic rings. The molecule has 0 amide bonds. The van der Waals surface area contributed by atoms with Crippen molar-refractivity contribution in [3.63, 3.8) is 0 Å². The minimum absolute atomic E-state index is 0.0600. The SMILES string of the molecule is CCCC1(COc2cccc3c4n(nc23)CC(C(C)(C)C)n2cc(C(=O)O)c(=O)cc2-4)CCC1. The average molecular weight is 464 g/mol. The summed E-state index contributed by atoms with van der Waals surface area (Å²) in [5.74, 6) is -0.435. The Morgan fingerprint density at radius 1 is 1.29 bits per heavy atom. The molecule has 1 aliphatic heterocycles. The topological polar surface area (TPSA) is 86.3 Å². The zero-order valence-electron chi connectivity index (χ0n) is 20.4. The Bertz CT molecular complexity index is 1320. The molecule has 1 saturated carbocycles. The molecule has 1 aliphatic carbocycles. The summed E-state index contributed by atoms with van der Waals surface area (Å²) < 4.78 is 10.3. The van der Waals surface area contributed by atoms with Crippen LogP contribution in [-0.4, -0.2) is 32.0 Å². The highest BCUT2D eigenvalue weighted by atomic mass is 16.5. The number of rotatable bonds is 6.